The van der Waals surface area contributed by atoms with Crippen LogP contribution in [0.15, 0.2) is 23.2 Å². The number of likely N-dealkylation sites (N-methyl/N-ethyl adjacent to an activating group) is 2. The fourth-order valence-corrected chi connectivity index (χ4v) is 1.53. The molecular weight excluding hydrogens is 270 g/mol. The van der Waals surface area contributed by atoms with Crippen molar-refractivity contribution in [2.24, 2.45) is 4.99 Å². The van der Waals surface area contributed by atoms with Gasteiger partial charge in [-0.3, -0.25) is 0 Å². The second kappa shape index (κ2) is 9.13. The van der Waals surface area contributed by atoms with Gasteiger partial charge >= 0.3 is 0 Å². The normalized spacial score (nSPS) is 10.6. The fraction of sp³-hybridized carbons (Fsp3) is 0.533. The van der Waals surface area contributed by atoms with Crippen molar-refractivity contribution >= 4 is 11.8 Å². The van der Waals surface area contributed by atoms with Crippen LogP contribution in [0.4, 0.5) is 5.69 Å². The van der Waals surface area contributed by atoms with Crippen LogP contribution in [-0.2, 0) is 4.79 Å². The van der Waals surface area contributed by atoms with Crippen molar-refractivity contribution in [3.8, 4) is 11.5 Å². The Labute approximate surface area is 126 Å². The first-order valence-corrected chi connectivity index (χ1v) is 6.80. The van der Waals surface area contributed by atoms with Gasteiger partial charge in [-0.2, -0.15) is 4.99 Å². The van der Waals surface area contributed by atoms with Gasteiger partial charge in [0.05, 0.1) is 5.69 Å². The first-order valence-electron chi connectivity index (χ1n) is 6.80. The average Bonchev–Trinajstić information content (AvgIpc) is 2.40. The molecule has 0 bridgehead atoms. The predicted molar refractivity (Wildman–Crippen MR) is 82.3 cm³/mol. The molecule has 0 aromatic heterocycles. The Balaban J connectivity index is 2.75. The molecule has 0 heterocycles. The maximum Gasteiger partial charge on any atom is 0.240 e. The number of nitrogens with zero attached hydrogens (tertiary/aromatic N) is 3. The van der Waals surface area contributed by atoms with Gasteiger partial charge in [-0.1, -0.05) is 0 Å². The molecule has 0 spiro atoms. The van der Waals surface area contributed by atoms with E-state index in [-0.39, 0.29) is 0 Å². The third-order valence-electron chi connectivity index (χ3n) is 2.69. The number of ether oxygens (including phenoxy) is 2. The minimum absolute atomic E-state index is 0.504. The molecule has 0 aliphatic carbocycles. The van der Waals surface area contributed by atoms with Crippen LogP contribution in [0.2, 0.25) is 0 Å². The summed E-state index contributed by atoms with van der Waals surface area (Å²) in [6.45, 7) is 2.70. The Morgan fingerprint density at radius 3 is 2.10 bits per heavy atom. The molecule has 0 aliphatic heterocycles. The monoisotopic (exact) mass is 293 g/mol. The molecule has 0 saturated carbocycles. The summed E-state index contributed by atoms with van der Waals surface area (Å²) in [5.74, 6) is 1.24. The van der Waals surface area contributed by atoms with Crippen molar-refractivity contribution in [3.05, 3.63) is 18.2 Å². The Hall–Kier alpha value is -1.88. The van der Waals surface area contributed by atoms with E-state index in [1.165, 1.54) is 6.08 Å². The quantitative estimate of drug-likeness (QED) is 0.510. The van der Waals surface area contributed by atoms with Gasteiger partial charge in [-0.25, -0.2) is 4.79 Å². The highest BCUT2D eigenvalue weighted by Gasteiger charge is 2.07. The minimum Gasteiger partial charge on any atom is -0.488 e. The lowest BCUT2D eigenvalue weighted by molar-refractivity contribution is 0.227. The number of carbonyl (C=O) groups excluding carboxylic acids is 1. The zero-order valence-electron chi connectivity index (χ0n) is 13.1. The average molecular weight is 293 g/mol. The summed E-state index contributed by atoms with van der Waals surface area (Å²) in [7, 11) is 7.93. The Kier molecular flexibility index (Phi) is 7.46. The third kappa shape index (κ3) is 6.90. The lowest BCUT2D eigenvalue weighted by Gasteiger charge is -2.16. The molecule has 1 rings (SSSR count). The van der Waals surface area contributed by atoms with Crippen molar-refractivity contribution < 1.29 is 14.3 Å². The number of isocyanates is 1. The van der Waals surface area contributed by atoms with E-state index in [0.29, 0.717) is 30.4 Å². The van der Waals surface area contributed by atoms with Gasteiger partial charge in [0, 0.05) is 19.2 Å². The Bertz CT molecular complexity index is 483. The first kappa shape index (κ1) is 17.2. The molecule has 0 N–H and O–H groups in total. The van der Waals surface area contributed by atoms with Crippen LogP contribution in [-0.4, -0.2) is 70.4 Å². The molecule has 0 saturated heterocycles. The number of aliphatic imine (C=N–C) groups is 1. The molecule has 0 unspecified atom stereocenters. The standard InChI is InChI=1S/C15H23N3O3/c1-17(2)7-9-20-14-6-5-13(16-12-19)11-15(14)21-10-8-18(3)4/h5-6,11H,7-10H2,1-4H3. The lowest BCUT2D eigenvalue weighted by Crippen LogP contribution is -2.21. The summed E-state index contributed by atoms with van der Waals surface area (Å²) in [6, 6.07) is 5.15. The molecule has 0 fully saturated rings. The van der Waals surface area contributed by atoms with E-state index in [1.54, 1.807) is 18.2 Å². The van der Waals surface area contributed by atoms with E-state index < -0.39 is 0 Å². The zero-order valence-corrected chi connectivity index (χ0v) is 13.1. The van der Waals surface area contributed by atoms with Crippen LogP contribution in [0.1, 0.15) is 0 Å². The van der Waals surface area contributed by atoms with Crippen LogP contribution in [0.5, 0.6) is 11.5 Å². The highest BCUT2D eigenvalue weighted by molar-refractivity contribution is 5.55. The highest BCUT2D eigenvalue weighted by atomic mass is 16.5. The smallest absolute Gasteiger partial charge is 0.240 e. The molecular formula is C15H23N3O3. The minimum atomic E-state index is 0.504. The van der Waals surface area contributed by atoms with Crippen molar-refractivity contribution in [2.75, 3.05) is 54.5 Å². The van der Waals surface area contributed by atoms with Crippen LogP contribution in [0, 0.1) is 0 Å². The maximum atomic E-state index is 10.3. The van der Waals surface area contributed by atoms with Gasteiger partial charge in [-0.15, -0.1) is 0 Å². The van der Waals surface area contributed by atoms with E-state index in [2.05, 4.69) is 4.99 Å². The topological polar surface area (TPSA) is 54.4 Å². The van der Waals surface area contributed by atoms with Crippen molar-refractivity contribution in [1.82, 2.24) is 9.80 Å². The van der Waals surface area contributed by atoms with Crippen LogP contribution in [0.3, 0.4) is 0 Å². The molecule has 1 aromatic rings. The summed E-state index contributed by atoms with van der Waals surface area (Å²) in [5, 5.41) is 0. The number of hydrogen-bond donors (Lipinski definition) is 0. The largest absolute Gasteiger partial charge is 0.488 e. The SMILES string of the molecule is CN(C)CCOc1ccc(N=C=O)cc1OCCN(C)C. The zero-order chi connectivity index (χ0) is 15.7. The maximum absolute atomic E-state index is 10.3. The van der Waals surface area contributed by atoms with Crippen LogP contribution < -0.4 is 9.47 Å². The second-order valence-electron chi connectivity index (χ2n) is 5.14. The van der Waals surface area contributed by atoms with Gasteiger partial charge in [0.15, 0.2) is 11.5 Å². The van der Waals surface area contributed by atoms with E-state index in [0.717, 1.165) is 13.1 Å². The molecule has 6 heteroatoms. The van der Waals surface area contributed by atoms with Crippen molar-refractivity contribution in [3.63, 3.8) is 0 Å². The Morgan fingerprint density at radius 2 is 1.57 bits per heavy atom. The molecule has 0 amide bonds. The summed E-state index contributed by atoms with van der Waals surface area (Å²) in [5.41, 5.74) is 0.504. The summed E-state index contributed by atoms with van der Waals surface area (Å²) < 4.78 is 11.4. The second-order valence-corrected chi connectivity index (χ2v) is 5.14. The molecule has 0 radical (unpaired) electrons. The molecule has 1 aromatic carbocycles. The molecule has 0 atom stereocenters. The van der Waals surface area contributed by atoms with Crippen molar-refractivity contribution in [1.29, 1.82) is 0 Å². The van der Waals surface area contributed by atoms with Gasteiger partial charge < -0.3 is 19.3 Å². The molecule has 116 valence electrons. The lowest BCUT2D eigenvalue weighted by atomic mass is 10.3. The summed E-state index contributed by atoms with van der Waals surface area (Å²) >= 11 is 0. The van der Waals surface area contributed by atoms with Crippen LogP contribution in [0.25, 0.3) is 0 Å². The van der Waals surface area contributed by atoms with Gasteiger partial charge in [-0.05, 0) is 40.3 Å². The van der Waals surface area contributed by atoms with E-state index in [9.17, 15) is 4.79 Å². The predicted octanol–water partition coefficient (Wildman–Crippen LogP) is 1.53. The van der Waals surface area contributed by atoms with Crippen molar-refractivity contribution in [2.45, 2.75) is 0 Å². The summed E-state index contributed by atoms with van der Waals surface area (Å²) in [4.78, 5) is 18.0. The number of hydrogen-bond acceptors (Lipinski definition) is 6. The number of rotatable bonds is 9. The first-order chi connectivity index (χ1) is 10.0. The van der Waals surface area contributed by atoms with E-state index in [4.69, 9.17) is 9.47 Å². The van der Waals surface area contributed by atoms with E-state index in [1.807, 2.05) is 38.0 Å². The van der Waals surface area contributed by atoms with Crippen LogP contribution >= 0.6 is 0 Å². The fourth-order valence-electron chi connectivity index (χ4n) is 1.53. The van der Waals surface area contributed by atoms with Gasteiger partial charge in [0.25, 0.3) is 0 Å². The molecule has 0 aliphatic rings. The molecule has 21 heavy (non-hydrogen) atoms. The van der Waals surface area contributed by atoms with E-state index >= 15 is 0 Å². The number of benzene rings is 1. The third-order valence-corrected chi connectivity index (χ3v) is 2.69. The Morgan fingerprint density at radius 1 is 1.00 bits per heavy atom. The summed E-state index contributed by atoms with van der Waals surface area (Å²) in [6.07, 6.45) is 1.53. The van der Waals surface area contributed by atoms with Gasteiger partial charge in [0.1, 0.15) is 13.2 Å². The molecule has 6 nitrogen and oxygen atoms in total. The van der Waals surface area contributed by atoms with Gasteiger partial charge in [0.2, 0.25) is 6.08 Å². The highest BCUT2D eigenvalue weighted by Crippen LogP contribution is 2.31.